The maximum atomic E-state index is 11.6. The van der Waals surface area contributed by atoms with Gasteiger partial charge in [0.2, 0.25) is 5.95 Å². The number of hydrogen-bond acceptors (Lipinski definition) is 10. The van der Waals surface area contributed by atoms with Crippen molar-refractivity contribution in [3.05, 3.63) is 41.9 Å². The standard InChI is InChI=1S/C17H20N8O3/c18-4-10(5-19)23-16-12(15(20)27)7-22-17(25-16)24-9-1-2-14-13(3-9)21-6-11(26)8-28-14/h1-5,7,11,18,21,26H,6,8,19H2,(H2,20,27)(H2,22,23,24,25)/b10-5+,18-4?/t11-/m0/s1. The minimum absolute atomic E-state index is 0.0535. The third-order valence-corrected chi connectivity index (χ3v) is 3.85. The summed E-state index contributed by atoms with van der Waals surface area (Å²) in [4.78, 5) is 19.9. The van der Waals surface area contributed by atoms with Crippen LogP contribution in [0, 0.1) is 5.41 Å². The largest absolute Gasteiger partial charge is 0.489 e. The lowest BCUT2D eigenvalue weighted by atomic mass is 10.2. The van der Waals surface area contributed by atoms with Crippen LogP contribution in [0.15, 0.2) is 36.3 Å². The predicted octanol–water partition coefficient (Wildman–Crippen LogP) is 0.346. The number of nitrogens with two attached hydrogens (primary N) is 2. The highest BCUT2D eigenvalue weighted by Crippen LogP contribution is 2.31. The average Bonchev–Trinajstić information content (AvgIpc) is 2.87. The van der Waals surface area contributed by atoms with Crippen LogP contribution in [0.5, 0.6) is 5.75 Å². The fourth-order valence-corrected chi connectivity index (χ4v) is 2.45. The van der Waals surface area contributed by atoms with Gasteiger partial charge in [0.25, 0.3) is 5.91 Å². The van der Waals surface area contributed by atoms with Crippen LogP contribution in [0.25, 0.3) is 0 Å². The molecule has 1 aliphatic heterocycles. The van der Waals surface area contributed by atoms with Crippen LogP contribution in [0.1, 0.15) is 10.4 Å². The number of anilines is 4. The highest BCUT2D eigenvalue weighted by Gasteiger charge is 2.16. The quantitative estimate of drug-likeness (QED) is 0.345. The van der Waals surface area contributed by atoms with E-state index in [1.54, 1.807) is 18.2 Å². The number of nitrogens with one attached hydrogen (secondary N) is 4. The van der Waals surface area contributed by atoms with Crippen LogP contribution in [-0.2, 0) is 0 Å². The number of fused-ring (bicyclic) bond motifs is 1. The van der Waals surface area contributed by atoms with E-state index >= 15 is 0 Å². The number of carbonyl (C=O) groups excluding carboxylic acids is 1. The Morgan fingerprint density at radius 2 is 2.29 bits per heavy atom. The van der Waals surface area contributed by atoms with Crippen molar-refractivity contribution in [1.29, 1.82) is 5.41 Å². The minimum Gasteiger partial charge on any atom is -0.489 e. The fourth-order valence-electron chi connectivity index (χ4n) is 2.45. The molecule has 11 nitrogen and oxygen atoms in total. The SMILES string of the molecule is N=C/C(=C\N)Nc1nc(Nc2ccc3c(c2)NC[C@H](O)CO3)ncc1C(N)=O. The van der Waals surface area contributed by atoms with Gasteiger partial charge in [-0.1, -0.05) is 0 Å². The maximum absolute atomic E-state index is 11.6. The van der Waals surface area contributed by atoms with Crippen LogP contribution < -0.4 is 32.2 Å². The maximum Gasteiger partial charge on any atom is 0.254 e. The summed E-state index contributed by atoms with van der Waals surface area (Å²) in [6.07, 6.45) is 2.83. The molecule has 11 heteroatoms. The summed E-state index contributed by atoms with van der Waals surface area (Å²) in [6.45, 7) is 0.579. The zero-order chi connectivity index (χ0) is 20.1. The van der Waals surface area contributed by atoms with E-state index < -0.39 is 12.0 Å². The van der Waals surface area contributed by atoms with E-state index in [1.807, 2.05) is 0 Å². The number of ether oxygens (including phenoxy) is 1. The third kappa shape index (κ3) is 4.27. The van der Waals surface area contributed by atoms with Crippen molar-refractivity contribution in [2.75, 3.05) is 29.1 Å². The first-order valence-electron chi connectivity index (χ1n) is 8.32. The van der Waals surface area contributed by atoms with Gasteiger partial charge in [0.05, 0.1) is 11.4 Å². The summed E-state index contributed by atoms with van der Waals surface area (Å²) in [5.41, 5.74) is 12.4. The molecule has 1 aliphatic rings. The molecule has 0 aliphatic carbocycles. The molecule has 0 saturated carbocycles. The average molecular weight is 384 g/mol. The van der Waals surface area contributed by atoms with Gasteiger partial charge in [-0.15, -0.1) is 0 Å². The van der Waals surface area contributed by atoms with E-state index in [9.17, 15) is 9.90 Å². The molecule has 146 valence electrons. The zero-order valence-corrected chi connectivity index (χ0v) is 14.8. The van der Waals surface area contributed by atoms with Gasteiger partial charge < -0.3 is 42.7 Å². The summed E-state index contributed by atoms with van der Waals surface area (Å²) in [7, 11) is 0. The summed E-state index contributed by atoms with van der Waals surface area (Å²) in [5, 5.41) is 25.9. The van der Waals surface area contributed by atoms with Crippen molar-refractivity contribution in [2.24, 2.45) is 11.5 Å². The first-order valence-corrected chi connectivity index (χ1v) is 8.32. The van der Waals surface area contributed by atoms with Crippen molar-refractivity contribution in [2.45, 2.75) is 6.10 Å². The molecule has 0 unspecified atom stereocenters. The smallest absolute Gasteiger partial charge is 0.254 e. The number of carbonyl (C=O) groups is 1. The zero-order valence-electron chi connectivity index (χ0n) is 14.8. The van der Waals surface area contributed by atoms with Gasteiger partial charge in [-0.2, -0.15) is 4.98 Å². The van der Waals surface area contributed by atoms with Crippen LogP contribution in [0.3, 0.4) is 0 Å². The van der Waals surface area contributed by atoms with E-state index in [2.05, 4.69) is 25.9 Å². The van der Waals surface area contributed by atoms with Crippen LogP contribution in [-0.4, -0.2) is 46.5 Å². The number of β-amino-alcohol motifs (C(OH)–C–C–N with tert-alkyl or cyclic N) is 1. The van der Waals surface area contributed by atoms with Gasteiger partial charge in [0.15, 0.2) is 0 Å². The number of aliphatic hydroxyl groups excluding tert-OH is 1. The molecule has 9 N–H and O–H groups in total. The molecular weight excluding hydrogens is 364 g/mol. The van der Waals surface area contributed by atoms with Crippen LogP contribution in [0.4, 0.5) is 23.1 Å². The molecule has 0 saturated heterocycles. The monoisotopic (exact) mass is 384 g/mol. The lowest BCUT2D eigenvalue weighted by Crippen LogP contribution is -2.23. The Bertz CT molecular complexity index is 931. The van der Waals surface area contributed by atoms with Gasteiger partial charge in [-0.3, -0.25) is 4.79 Å². The Hall–Kier alpha value is -3.86. The van der Waals surface area contributed by atoms with Crippen molar-refractivity contribution in [1.82, 2.24) is 9.97 Å². The van der Waals surface area contributed by atoms with E-state index in [0.717, 1.165) is 6.21 Å². The minimum atomic E-state index is -0.722. The molecule has 1 aromatic heterocycles. The molecule has 2 heterocycles. The molecule has 0 radical (unpaired) electrons. The van der Waals surface area contributed by atoms with Crippen molar-refractivity contribution in [3.8, 4) is 5.75 Å². The van der Waals surface area contributed by atoms with Crippen molar-refractivity contribution >= 4 is 35.3 Å². The van der Waals surface area contributed by atoms with Crippen molar-refractivity contribution < 1.29 is 14.6 Å². The Balaban J connectivity index is 1.86. The second-order valence-corrected chi connectivity index (χ2v) is 5.89. The van der Waals surface area contributed by atoms with E-state index in [0.29, 0.717) is 23.7 Å². The number of aliphatic hydroxyl groups is 1. The molecular formula is C17H20N8O3. The second kappa shape index (κ2) is 8.22. The van der Waals surface area contributed by atoms with E-state index in [4.69, 9.17) is 21.6 Å². The van der Waals surface area contributed by atoms with Crippen LogP contribution >= 0.6 is 0 Å². The topological polar surface area (TPSA) is 184 Å². The second-order valence-electron chi connectivity index (χ2n) is 5.89. The summed E-state index contributed by atoms with van der Waals surface area (Å²) in [5.74, 6) is 0.214. The predicted molar refractivity (Wildman–Crippen MR) is 105 cm³/mol. The summed E-state index contributed by atoms with van der Waals surface area (Å²) >= 11 is 0. The lowest BCUT2D eigenvalue weighted by Gasteiger charge is -2.13. The van der Waals surface area contributed by atoms with Crippen LogP contribution in [0.2, 0.25) is 0 Å². The number of benzene rings is 1. The summed E-state index contributed by atoms with van der Waals surface area (Å²) < 4.78 is 5.52. The number of aromatic nitrogens is 2. The Morgan fingerprint density at radius 1 is 1.46 bits per heavy atom. The number of allylic oxidation sites excluding steroid dienone is 1. The number of hydrogen-bond donors (Lipinski definition) is 7. The molecule has 0 bridgehead atoms. The first-order chi connectivity index (χ1) is 13.5. The Morgan fingerprint density at radius 3 is 3.00 bits per heavy atom. The van der Waals surface area contributed by atoms with Gasteiger partial charge in [0, 0.05) is 30.8 Å². The molecule has 2 aromatic rings. The van der Waals surface area contributed by atoms with Gasteiger partial charge in [0.1, 0.15) is 29.8 Å². The summed E-state index contributed by atoms with van der Waals surface area (Å²) in [6, 6.07) is 5.30. The normalized spacial score (nSPS) is 16.0. The molecule has 1 amide bonds. The Kier molecular flexibility index (Phi) is 5.56. The van der Waals surface area contributed by atoms with Gasteiger partial charge in [-0.05, 0) is 18.2 Å². The highest BCUT2D eigenvalue weighted by molar-refractivity contribution is 5.98. The third-order valence-electron chi connectivity index (χ3n) is 3.85. The van der Waals surface area contributed by atoms with E-state index in [1.165, 1.54) is 12.4 Å². The number of rotatable bonds is 6. The molecule has 3 rings (SSSR count). The van der Waals surface area contributed by atoms with E-state index in [-0.39, 0.29) is 29.6 Å². The fraction of sp³-hybridized carbons (Fsp3) is 0.176. The molecule has 1 atom stereocenters. The first kappa shape index (κ1) is 18.9. The van der Waals surface area contributed by atoms with Gasteiger partial charge >= 0.3 is 0 Å². The number of primary amides is 1. The highest BCUT2D eigenvalue weighted by atomic mass is 16.5. The molecule has 0 spiro atoms. The van der Waals surface area contributed by atoms with Crippen molar-refractivity contribution in [3.63, 3.8) is 0 Å². The molecule has 28 heavy (non-hydrogen) atoms. The number of nitrogens with zero attached hydrogens (tertiary/aromatic N) is 2. The van der Waals surface area contributed by atoms with Gasteiger partial charge in [-0.25, -0.2) is 4.98 Å². The Labute approximate surface area is 160 Å². The molecule has 0 fully saturated rings. The number of amides is 1. The lowest BCUT2D eigenvalue weighted by molar-refractivity contribution is 0.100. The molecule has 1 aromatic carbocycles.